The number of nitrogens with zero attached hydrogens (tertiary/aromatic N) is 2. The largest absolute Gasteiger partial charge is 0.330 e. The molecule has 0 spiro atoms. The molecule has 0 aliphatic carbocycles. The van der Waals surface area contributed by atoms with E-state index >= 15 is 0 Å². The highest BCUT2D eigenvalue weighted by atomic mass is 15.2. The highest BCUT2D eigenvalue weighted by Gasteiger charge is 2.17. The summed E-state index contributed by atoms with van der Waals surface area (Å²) < 4.78 is 0. The zero-order valence-corrected chi connectivity index (χ0v) is 8.92. The van der Waals surface area contributed by atoms with Crippen molar-refractivity contribution in [1.29, 1.82) is 0 Å². The first-order valence-electron chi connectivity index (χ1n) is 5.50. The van der Waals surface area contributed by atoms with Gasteiger partial charge in [-0.3, -0.25) is 0 Å². The second-order valence-corrected chi connectivity index (χ2v) is 4.24. The van der Waals surface area contributed by atoms with Crippen molar-refractivity contribution in [3.05, 3.63) is 0 Å². The van der Waals surface area contributed by atoms with Crippen LogP contribution in [0.15, 0.2) is 0 Å². The second kappa shape index (κ2) is 4.68. The van der Waals surface area contributed by atoms with E-state index in [4.69, 9.17) is 0 Å². The molecule has 2 fully saturated rings. The summed E-state index contributed by atoms with van der Waals surface area (Å²) in [5.41, 5.74) is 0. The lowest BCUT2D eigenvalue weighted by atomic mass is 10.1. The normalized spacial score (nSPS) is 28.6. The lowest BCUT2D eigenvalue weighted by Gasteiger charge is -2.23. The number of hydrogen-bond acceptors (Lipinski definition) is 3. The Morgan fingerprint density at radius 1 is 1.21 bits per heavy atom. The maximum atomic E-state index is 3.39. The van der Waals surface area contributed by atoms with E-state index in [1.165, 1.54) is 13.0 Å². The van der Waals surface area contributed by atoms with Crippen molar-refractivity contribution in [3.8, 4) is 12.0 Å². The molecule has 0 radical (unpaired) electrons. The maximum Gasteiger partial charge on any atom is 0.0386 e. The maximum absolute atomic E-state index is 3.39. The molecule has 2 aliphatic heterocycles. The molecule has 0 aromatic heterocycles. The Hall–Kier alpha value is -0.720. The van der Waals surface area contributed by atoms with Crippen LogP contribution in [0, 0.1) is 17.9 Å². The monoisotopic (exact) mass is 193 g/mol. The molecule has 2 saturated heterocycles. The minimum atomic E-state index is 0.606. The quantitative estimate of drug-likeness (QED) is 0.538. The summed E-state index contributed by atoms with van der Waals surface area (Å²) in [6.07, 6.45) is 1.25. The molecule has 1 atom stereocenters. The number of piperazine rings is 1. The molecule has 3 heteroatoms. The first-order chi connectivity index (χ1) is 6.84. The minimum absolute atomic E-state index is 0.606. The van der Waals surface area contributed by atoms with Crippen molar-refractivity contribution >= 4 is 0 Å². The van der Waals surface area contributed by atoms with Gasteiger partial charge in [-0.2, -0.15) is 0 Å². The topological polar surface area (TPSA) is 18.5 Å². The highest BCUT2D eigenvalue weighted by Crippen LogP contribution is 2.12. The fourth-order valence-corrected chi connectivity index (χ4v) is 2.01. The molecular formula is C11H19N3. The van der Waals surface area contributed by atoms with Gasteiger partial charge in [-0.05, 0) is 20.0 Å². The standard InChI is InChI=1S/C11H19N3/c1-13-6-2-11(10-13)3-7-14-8-4-12-5-9-14/h11-12H,2,4-6,8-10H2,1H3. The van der Waals surface area contributed by atoms with Crippen LogP contribution < -0.4 is 5.32 Å². The molecule has 2 heterocycles. The van der Waals surface area contributed by atoms with Gasteiger partial charge in [0.1, 0.15) is 0 Å². The van der Waals surface area contributed by atoms with Crippen molar-refractivity contribution in [2.24, 2.45) is 5.92 Å². The molecule has 1 N–H and O–H groups in total. The van der Waals surface area contributed by atoms with Gasteiger partial charge >= 0.3 is 0 Å². The molecular weight excluding hydrogens is 174 g/mol. The second-order valence-electron chi connectivity index (χ2n) is 4.24. The summed E-state index contributed by atoms with van der Waals surface area (Å²) >= 11 is 0. The van der Waals surface area contributed by atoms with Crippen LogP contribution >= 0.6 is 0 Å². The molecule has 78 valence electrons. The van der Waals surface area contributed by atoms with E-state index in [-0.39, 0.29) is 0 Å². The van der Waals surface area contributed by atoms with E-state index < -0.39 is 0 Å². The fourth-order valence-electron chi connectivity index (χ4n) is 2.01. The van der Waals surface area contributed by atoms with Crippen LogP contribution in [0.3, 0.4) is 0 Å². The summed E-state index contributed by atoms with van der Waals surface area (Å²) in [6.45, 7) is 6.68. The number of hydrogen-bond donors (Lipinski definition) is 1. The van der Waals surface area contributed by atoms with E-state index in [0.29, 0.717) is 5.92 Å². The van der Waals surface area contributed by atoms with E-state index in [0.717, 1.165) is 32.7 Å². The lowest BCUT2D eigenvalue weighted by Crippen LogP contribution is -2.40. The van der Waals surface area contributed by atoms with Crippen molar-refractivity contribution < 1.29 is 0 Å². The number of nitrogens with one attached hydrogen (secondary N) is 1. The third-order valence-electron chi connectivity index (χ3n) is 2.94. The van der Waals surface area contributed by atoms with Gasteiger partial charge in [0.15, 0.2) is 0 Å². The van der Waals surface area contributed by atoms with Gasteiger partial charge in [0, 0.05) is 44.7 Å². The van der Waals surface area contributed by atoms with Crippen molar-refractivity contribution in [2.75, 3.05) is 46.3 Å². The average molecular weight is 193 g/mol. The van der Waals surface area contributed by atoms with Gasteiger partial charge in [0.2, 0.25) is 0 Å². The van der Waals surface area contributed by atoms with Crippen molar-refractivity contribution in [3.63, 3.8) is 0 Å². The average Bonchev–Trinajstić information content (AvgIpc) is 2.63. The van der Waals surface area contributed by atoms with Crippen LogP contribution in [-0.2, 0) is 0 Å². The predicted molar refractivity (Wildman–Crippen MR) is 57.8 cm³/mol. The highest BCUT2D eigenvalue weighted by molar-refractivity contribution is 5.06. The zero-order valence-electron chi connectivity index (χ0n) is 8.92. The first-order valence-corrected chi connectivity index (χ1v) is 5.50. The van der Waals surface area contributed by atoms with Gasteiger partial charge in [0.25, 0.3) is 0 Å². The Morgan fingerprint density at radius 3 is 2.64 bits per heavy atom. The van der Waals surface area contributed by atoms with Crippen LogP contribution in [0.25, 0.3) is 0 Å². The van der Waals surface area contributed by atoms with E-state index in [1.54, 1.807) is 0 Å². The molecule has 0 aromatic rings. The van der Waals surface area contributed by atoms with Crippen molar-refractivity contribution in [1.82, 2.24) is 15.1 Å². The third kappa shape index (κ3) is 2.63. The molecule has 2 rings (SSSR count). The number of likely N-dealkylation sites (tertiary alicyclic amines) is 1. The van der Waals surface area contributed by atoms with Gasteiger partial charge in [-0.25, -0.2) is 0 Å². The van der Waals surface area contributed by atoms with Crippen LogP contribution in [0.4, 0.5) is 0 Å². The minimum Gasteiger partial charge on any atom is -0.330 e. The Balaban J connectivity index is 1.80. The van der Waals surface area contributed by atoms with Crippen LogP contribution in [0.5, 0.6) is 0 Å². The summed E-state index contributed by atoms with van der Waals surface area (Å²) in [5.74, 6) is 3.99. The Kier molecular flexibility index (Phi) is 3.28. The van der Waals surface area contributed by atoms with Crippen molar-refractivity contribution in [2.45, 2.75) is 6.42 Å². The van der Waals surface area contributed by atoms with E-state index in [2.05, 4.69) is 34.1 Å². The van der Waals surface area contributed by atoms with Gasteiger partial charge < -0.3 is 15.1 Å². The molecule has 0 bridgehead atoms. The van der Waals surface area contributed by atoms with Crippen LogP contribution in [-0.4, -0.2) is 56.1 Å². The van der Waals surface area contributed by atoms with E-state index in [1.807, 2.05) is 0 Å². The fraction of sp³-hybridized carbons (Fsp3) is 0.818. The summed E-state index contributed by atoms with van der Waals surface area (Å²) in [4.78, 5) is 4.60. The number of rotatable bonds is 0. The molecule has 0 saturated carbocycles. The Morgan fingerprint density at radius 2 is 2.00 bits per heavy atom. The molecule has 0 aromatic carbocycles. The lowest BCUT2D eigenvalue weighted by molar-refractivity contribution is 0.340. The molecule has 0 amide bonds. The Labute approximate surface area is 86.4 Å². The van der Waals surface area contributed by atoms with E-state index in [9.17, 15) is 0 Å². The zero-order chi connectivity index (χ0) is 9.80. The third-order valence-corrected chi connectivity index (χ3v) is 2.94. The molecule has 2 aliphatic rings. The summed E-state index contributed by atoms with van der Waals surface area (Å²) in [5, 5.41) is 3.33. The smallest absolute Gasteiger partial charge is 0.0386 e. The molecule has 3 nitrogen and oxygen atoms in total. The predicted octanol–water partition coefficient (Wildman–Crippen LogP) is -0.196. The molecule has 14 heavy (non-hydrogen) atoms. The first kappa shape index (κ1) is 9.82. The molecule has 1 unspecified atom stereocenters. The Bertz CT molecular complexity index is 226. The van der Waals surface area contributed by atoms with Crippen LogP contribution in [0.2, 0.25) is 0 Å². The van der Waals surface area contributed by atoms with Gasteiger partial charge in [-0.1, -0.05) is 5.92 Å². The SMILES string of the molecule is CN1CCC(C#CN2CCNCC2)C1. The van der Waals surface area contributed by atoms with Gasteiger partial charge in [-0.15, -0.1) is 0 Å². The van der Waals surface area contributed by atoms with Gasteiger partial charge in [0.05, 0.1) is 0 Å². The van der Waals surface area contributed by atoms with Crippen LogP contribution in [0.1, 0.15) is 6.42 Å². The summed E-state index contributed by atoms with van der Waals surface area (Å²) in [6, 6.07) is 3.30. The summed E-state index contributed by atoms with van der Waals surface area (Å²) in [7, 11) is 2.17.